The summed E-state index contributed by atoms with van der Waals surface area (Å²) in [4.78, 5) is 24.3. The molecule has 42 heavy (non-hydrogen) atoms. The predicted molar refractivity (Wildman–Crippen MR) is 160 cm³/mol. The van der Waals surface area contributed by atoms with Crippen molar-refractivity contribution < 1.29 is 58.1 Å². The average molecular weight is 623 g/mol. The predicted octanol–water partition coefficient (Wildman–Crippen LogP) is 1.79. The van der Waals surface area contributed by atoms with Crippen LogP contribution in [-0.4, -0.2) is 63.5 Å². The van der Waals surface area contributed by atoms with Crippen LogP contribution in [0.1, 0.15) is 103 Å². The number of nitrogen functional groups attached to an aromatic ring is 2. The van der Waals surface area contributed by atoms with E-state index in [1.165, 1.54) is 83.4 Å². The van der Waals surface area contributed by atoms with Crippen molar-refractivity contribution in [1.29, 1.82) is 0 Å². The minimum Gasteiger partial charge on any atom is -0.777 e. The molecule has 2 aromatic rings. The van der Waals surface area contributed by atoms with Crippen LogP contribution in [0.25, 0.3) is 11.2 Å². The summed E-state index contributed by atoms with van der Waals surface area (Å²) in [6, 6.07) is 0. The van der Waals surface area contributed by atoms with Crippen molar-refractivity contribution in [2.45, 2.75) is 116 Å². The molecule has 2 heterocycles. The van der Waals surface area contributed by atoms with Gasteiger partial charge in [-0.3, -0.25) is 0 Å². The fourth-order valence-corrected chi connectivity index (χ4v) is 5.47. The Hall–Kier alpha value is -0.820. The largest absolute Gasteiger partial charge is 1.00 e. The van der Waals surface area contributed by atoms with Crippen molar-refractivity contribution in [3.63, 3.8) is 0 Å². The van der Waals surface area contributed by atoms with E-state index in [9.17, 15) is 14.6 Å². The number of aliphatic hydroxyl groups excluding tert-OH is 1. The van der Waals surface area contributed by atoms with Crippen molar-refractivity contribution in [3.05, 3.63) is 6.33 Å². The van der Waals surface area contributed by atoms with Gasteiger partial charge in [0, 0.05) is 13.2 Å². The van der Waals surface area contributed by atoms with Crippen LogP contribution in [0.5, 0.6) is 0 Å². The number of hydrogen-bond acceptors (Lipinski definition) is 11. The Bertz CT molecular complexity index is 1020. The van der Waals surface area contributed by atoms with Crippen LogP contribution in [0.4, 0.5) is 11.8 Å². The van der Waals surface area contributed by atoms with Gasteiger partial charge in [-0.25, -0.2) is 4.98 Å². The molecule has 236 valence electrons. The maximum atomic E-state index is 12.2. The van der Waals surface area contributed by atoms with Crippen LogP contribution in [0.3, 0.4) is 0 Å². The molecule has 0 aliphatic carbocycles. The summed E-state index contributed by atoms with van der Waals surface area (Å²) in [6.45, 7) is 3.09. The first-order valence-electron chi connectivity index (χ1n) is 15.3. The van der Waals surface area contributed by atoms with E-state index in [1.54, 1.807) is 4.57 Å². The third kappa shape index (κ3) is 16.9. The Morgan fingerprint density at radius 3 is 2.07 bits per heavy atom. The summed E-state index contributed by atoms with van der Waals surface area (Å²) in [5, 5.41) is 9.66. The van der Waals surface area contributed by atoms with Crippen molar-refractivity contribution in [3.8, 4) is 0 Å². The van der Waals surface area contributed by atoms with Crippen LogP contribution in [-0.2, 0) is 25.1 Å². The number of unbranched alkanes of at least 4 members (excludes halogenated alkanes) is 13. The molecule has 12 nitrogen and oxygen atoms in total. The van der Waals surface area contributed by atoms with Gasteiger partial charge in [0.05, 0.1) is 32.2 Å². The third-order valence-corrected chi connectivity index (χ3v) is 7.98. The molecule has 0 radical (unpaired) electrons. The molecule has 0 saturated heterocycles. The molecule has 0 fully saturated rings. The quantitative estimate of drug-likeness (QED) is 0.0790. The number of imidazole rings is 1. The number of fused-ring (bicyclic) bond motifs is 1. The number of nitrogens with two attached hydrogens (primary N) is 2. The molecule has 14 heteroatoms. The zero-order valence-corrected chi connectivity index (χ0v) is 28.8. The molecule has 1 unspecified atom stereocenters. The number of hydrogen-bond donors (Lipinski definition) is 3. The Balaban J connectivity index is 0.00000882. The van der Waals surface area contributed by atoms with Crippen molar-refractivity contribution in [2.75, 3.05) is 44.2 Å². The maximum Gasteiger partial charge on any atom is 1.00 e. The summed E-state index contributed by atoms with van der Waals surface area (Å²) in [5.74, 6) is 0.119. The number of anilines is 2. The second-order valence-corrected chi connectivity index (χ2v) is 12.4. The van der Waals surface area contributed by atoms with Crippen LogP contribution in [0.2, 0.25) is 0 Å². The molecular formula is C28H52N6NaO6P. The average Bonchev–Trinajstić information content (AvgIpc) is 3.34. The molecule has 2 atom stereocenters. The van der Waals surface area contributed by atoms with E-state index in [-0.39, 0.29) is 54.5 Å². The fraction of sp³-hybridized carbons (Fsp3) is 0.821. The summed E-state index contributed by atoms with van der Waals surface area (Å²) >= 11 is 0. The van der Waals surface area contributed by atoms with Gasteiger partial charge in [0.2, 0.25) is 5.95 Å². The van der Waals surface area contributed by atoms with E-state index in [0.717, 1.165) is 12.8 Å². The number of aliphatic hydroxyl groups is 1. The third-order valence-electron chi connectivity index (χ3n) is 6.94. The first-order valence-corrected chi connectivity index (χ1v) is 17.1. The molecule has 0 bridgehead atoms. The van der Waals surface area contributed by atoms with Crippen LogP contribution in [0, 0.1) is 0 Å². The minimum absolute atomic E-state index is 0. The van der Waals surface area contributed by atoms with Gasteiger partial charge in [0.15, 0.2) is 19.1 Å². The Labute approximate surface area is 273 Å². The van der Waals surface area contributed by atoms with Crippen LogP contribution < -0.4 is 45.9 Å². The molecule has 5 N–H and O–H groups in total. The minimum atomic E-state index is -4.24. The van der Waals surface area contributed by atoms with Crippen molar-refractivity contribution >= 4 is 30.5 Å². The molecule has 2 aromatic heterocycles. The molecule has 0 aromatic carbocycles. The fourth-order valence-electron chi connectivity index (χ4n) is 4.60. The maximum absolute atomic E-state index is 12.2. The first kappa shape index (κ1) is 39.2. The van der Waals surface area contributed by atoms with Gasteiger partial charge in [-0.15, -0.1) is 0 Å². The normalized spacial score (nSPS) is 13.7. The van der Waals surface area contributed by atoms with Gasteiger partial charge in [0.25, 0.3) is 0 Å². The smallest absolute Gasteiger partial charge is 0.777 e. The molecule has 0 saturated carbocycles. The van der Waals surface area contributed by atoms with E-state index < -0.39 is 26.7 Å². The summed E-state index contributed by atoms with van der Waals surface area (Å²) in [7, 11) is -4.24. The Morgan fingerprint density at radius 1 is 0.905 bits per heavy atom. The van der Waals surface area contributed by atoms with Gasteiger partial charge < -0.3 is 44.6 Å². The topological polar surface area (TPSA) is 184 Å². The van der Waals surface area contributed by atoms with Gasteiger partial charge in [-0.1, -0.05) is 90.4 Å². The number of aromatic nitrogens is 4. The Kier molecular flexibility index (Phi) is 22.0. The SMILES string of the molecule is CCCCCCCCCCCCCCCCOCCCOP(=O)([O-])CO[C@H](CO)Cn1cnc2c(N)nc(N)nc21.[Na+]. The van der Waals surface area contributed by atoms with Gasteiger partial charge in [0.1, 0.15) is 11.9 Å². The molecule has 2 rings (SSSR count). The molecular weight excluding hydrogens is 570 g/mol. The van der Waals surface area contributed by atoms with Crippen molar-refractivity contribution in [1.82, 2.24) is 19.5 Å². The number of rotatable bonds is 26. The molecule has 0 aliphatic heterocycles. The molecule has 0 spiro atoms. The monoisotopic (exact) mass is 622 g/mol. The summed E-state index contributed by atoms with van der Waals surface area (Å²) < 4.78 is 29.8. The molecule has 0 aliphatic rings. The zero-order chi connectivity index (χ0) is 29.8. The van der Waals surface area contributed by atoms with Gasteiger partial charge in [-0.05, 0) is 12.8 Å². The van der Waals surface area contributed by atoms with E-state index >= 15 is 0 Å². The van der Waals surface area contributed by atoms with E-state index in [0.29, 0.717) is 30.8 Å². The summed E-state index contributed by atoms with van der Waals surface area (Å²) in [6.07, 6.45) is 18.9. The van der Waals surface area contributed by atoms with Gasteiger partial charge in [-0.2, -0.15) is 9.97 Å². The van der Waals surface area contributed by atoms with E-state index in [2.05, 4.69) is 21.9 Å². The van der Waals surface area contributed by atoms with Crippen LogP contribution >= 0.6 is 7.60 Å². The Morgan fingerprint density at radius 2 is 1.48 bits per heavy atom. The number of ether oxygens (including phenoxy) is 2. The van der Waals surface area contributed by atoms with E-state index in [4.69, 9.17) is 25.5 Å². The van der Waals surface area contributed by atoms with Crippen molar-refractivity contribution in [2.24, 2.45) is 0 Å². The summed E-state index contributed by atoms with van der Waals surface area (Å²) in [5.41, 5.74) is 12.2. The first-order chi connectivity index (χ1) is 19.9. The van der Waals surface area contributed by atoms with Crippen LogP contribution in [0.15, 0.2) is 6.33 Å². The van der Waals surface area contributed by atoms with Gasteiger partial charge >= 0.3 is 29.6 Å². The number of nitrogens with zero attached hydrogens (tertiary/aromatic N) is 4. The standard InChI is InChI=1S/C28H53N6O6P.Na/c1-2-3-4-5-6-7-8-9-10-11-12-13-14-15-17-38-18-16-19-40-41(36,37)23-39-24(21-35)20-34-22-31-25-26(29)32-28(30)33-27(25)34;/h22,24,35H,2-21,23H2,1H3,(H,36,37)(H4,29,30,32,33);/q;+1/p-1/t24-;/m0./s1. The molecule has 0 amide bonds. The second kappa shape index (κ2) is 23.5. The second-order valence-electron chi connectivity index (χ2n) is 10.6. The van der Waals surface area contributed by atoms with E-state index in [1.807, 2.05) is 0 Å². The zero-order valence-electron chi connectivity index (χ0n) is 25.9.